The molecule has 1 aromatic rings. The highest BCUT2D eigenvalue weighted by atomic mass is 16.2. The number of carbonyl (C=O) groups excluding carboxylic acids is 3. The van der Waals surface area contributed by atoms with Gasteiger partial charge in [0.05, 0.1) is 0 Å². The third kappa shape index (κ3) is 3.31. The molecule has 2 rings (SSSR count). The van der Waals surface area contributed by atoms with Gasteiger partial charge in [0.2, 0.25) is 5.91 Å². The molecule has 1 aliphatic carbocycles. The molecule has 0 aliphatic heterocycles. The molecule has 0 aromatic heterocycles. The van der Waals surface area contributed by atoms with Crippen LogP contribution in [0.4, 0.5) is 0 Å². The van der Waals surface area contributed by atoms with E-state index in [-0.39, 0.29) is 17.5 Å². The van der Waals surface area contributed by atoms with Gasteiger partial charge in [0.25, 0.3) is 0 Å². The molecule has 23 heavy (non-hydrogen) atoms. The van der Waals surface area contributed by atoms with E-state index in [1.807, 2.05) is 6.92 Å². The molecule has 1 aromatic carbocycles. The Hall–Kier alpha value is -2.49. The zero-order valence-electron chi connectivity index (χ0n) is 13.7. The predicted octanol–water partition coefficient (Wildman–Crippen LogP) is 3.24. The number of nitrogens with one attached hydrogen (secondary N) is 1. The number of hydrogen-bond donors (Lipinski definition) is 1. The Labute approximate surface area is 136 Å². The highest BCUT2D eigenvalue weighted by Gasteiger charge is 2.29. The van der Waals surface area contributed by atoms with Crippen molar-refractivity contribution in [2.24, 2.45) is 0 Å². The molecule has 0 unspecified atom stereocenters. The average Bonchev–Trinajstić information content (AvgIpc) is 2.58. The monoisotopic (exact) mass is 311 g/mol. The van der Waals surface area contributed by atoms with Gasteiger partial charge >= 0.3 is 0 Å². The van der Waals surface area contributed by atoms with Crippen LogP contribution in [0.2, 0.25) is 0 Å². The lowest BCUT2D eigenvalue weighted by molar-refractivity contribution is -0.117. The van der Waals surface area contributed by atoms with Crippen molar-refractivity contribution in [1.82, 2.24) is 5.32 Å². The van der Waals surface area contributed by atoms with Crippen molar-refractivity contribution >= 4 is 17.5 Å². The van der Waals surface area contributed by atoms with Crippen molar-refractivity contribution in [3.05, 3.63) is 58.2 Å². The molecule has 0 spiro atoms. The standard InChI is InChI=1S/C19H21NO3/c1-4-5-8-13(19(23)20-3)11-16-12(2)17(21)14-9-6-7-10-15(14)18(16)22/h6-7,9-11H,4-5,8H2,1-3H3,(H,20,23)/b13-11+. The highest BCUT2D eigenvalue weighted by molar-refractivity contribution is 6.28. The van der Waals surface area contributed by atoms with Crippen molar-refractivity contribution < 1.29 is 14.4 Å². The normalized spacial score (nSPS) is 14.8. The van der Waals surface area contributed by atoms with E-state index in [4.69, 9.17) is 0 Å². The van der Waals surface area contributed by atoms with E-state index in [2.05, 4.69) is 5.32 Å². The number of ketones is 2. The van der Waals surface area contributed by atoms with E-state index >= 15 is 0 Å². The molecule has 0 atom stereocenters. The Morgan fingerprint density at radius 3 is 2.30 bits per heavy atom. The number of fused-ring (bicyclic) bond motifs is 1. The van der Waals surface area contributed by atoms with Gasteiger partial charge in [0.15, 0.2) is 11.6 Å². The van der Waals surface area contributed by atoms with E-state index in [9.17, 15) is 14.4 Å². The molecule has 0 bridgehead atoms. The van der Waals surface area contributed by atoms with Crippen LogP contribution in [0.1, 0.15) is 53.8 Å². The van der Waals surface area contributed by atoms with E-state index in [1.54, 1.807) is 44.3 Å². The van der Waals surface area contributed by atoms with Crippen LogP contribution in [-0.2, 0) is 4.79 Å². The van der Waals surface area contributed by atoms with Gasteiger partial charge < -0.3 is 5.32 Å². The molecular formula is C19H21NO3. The first kappa shape index (κ1) is 16.9. The minimum atomic E-state index is -0.210. The number of rotatable bonds is 5. The minimum Gasteiger partial charge on any atom is -0.355 e. The molecular weight excluding hydrogens is 290 g/mol. The van der Waals surface area contributed by atoms with Gasteiger partial charge in [-0.05, 0) is 25.8 Å². The summed E-state index contributed by atoms with van der Waals surface area (Å²) in [6.07, 6.45) is 3.96. The summed E-state index contributed by atoms with van der Waals surface area (Å²) in [7, 11) is 1.56. The second-order valence-corrected chi connectivity index (χ2v) is 5.59. The van der Waals surface area contributed by atoms with Crippen LogP contribution in [0.25, 0.3) is 0 Å². The fourth-order valence-electron chi connectivity index (χ4n) is 2.65. The average molecular weight is 311 g/mol. The summed E-state index contributed by atoms with van der Waals surface area (Å²) >= 11 is 0. The van der Waals surface area contributed by atoms with E-state index in [0.29, 0.717) is 34.3 Å². The van der Waals surface area contributed by atoms with Crippen LogP contribution in [0.15, 0.2) is 47.1 Å². The molecule has 120 valence electrons. The maximum Gasteiger partial charge on any atom is 0.246 e. The molecule has 4 nitrogen and oxygen atoms in total. The zero-order valence-corrected chi connectivity index (χ0v) is 13.7. The Morgan fingerprint density at radius 2 is 1.74 bits per heavy atom. The molecule has 1 N–H and O–H groups in total. The van der Waals surface area contributed by atoms with Gasteiger partial charge in [-0.25, -0.2) is 0 Å². The number of benzene rings is 1. The summed E-state index contributed by atoms with van der Waals surface area (Å²) < 4.78 is 0. The SMILES string of the molecule is CCCC/C(=C\C1=C(C)C(=O)c2ccccc2C1=O)C(=O)NC. The van der Waals surface area contributed by atoms with E-state index in [1.165, 1.54) is 0 Å². The molecule has 0 saturated carbocycles. The zero-order chi connectivity index (χ0) is 17.0. The minimum absolute atomic E-state index is 0.154. The van der Waals surface area contributed by atoms with Crippen molar-refractivity contribution in [2.45, 2.75) is 33.1 Å². The lowest BCUT2D eigenvalue weighted by Crippen LogP contribution is -2.23. The van der Waals surface area contributed by atoms with Gasteiger partial charge in [-0.15, -0.1) is 0 Å². The molecule has 1 aliphatic rings. The topological polar surface area (TPSA) is 63.2 Å². The number of likely N-dealkylation sites (N-methyl/N-ethyl adjacent to an activating group) is 1. The van der Waals surface area contributed by atoms with Crippen molar-refractivity contribution in [1.29, 1.82) is 0 Å². The largest absolute Gasteiger partial charge is 0.355 e. The fraction of sp³-hybridized carbons (Fsp3) is 0.316. The first-order valence-corrected chi connectivity index (χ1v) is 7.83. The van der Waals surface area contributed by atoms with Crippen LogP contribution >= 0.6 is 0 Å². The third-order valence-corrected chi connectivity index (χ3v) is 4.04. The Balaban J connectivity index is 2.50. The van der Waals surface area contributed by atoms with Crippen LogP contribution < -0.4 is 5.32 Å². The summed E-state index contributed by atoms with van der Waals surface area (Å²) in [5.74, 6) is -0.563. The predicted molar refractivity (Wildman–Crippen MR) is 89.5 cm³/mol. The van der Waals surface area contributed by atoms with Crippen molar-refractivity contribution in [2.75, 3.05) is 7.05 Å². The van der Waals surface area contributed by atoms with Crippen LogP contribution in [0.3, 0.4) is 0 Å². The summed E-state index contributed by atoms with van der Waals surface area (Å²) in [4.78, 5) is 37.2. The number of Topliss-reactive ketones (excluding diaryl/α,β-unsaturated/α-hetero) is 2. The Bertz CT molecular complexity index is 726. The van der Waals surface area contributed by atoms with E-state index < -0.39 is 0 Å². The van der Waals surface area contributed by atoms with Crippen LogP contribution in [0, 0.1) is 0 Å². The number of allylic oxidation sites excluding steroid dienone is 3. The number of amides is 1. The highest BCUT2D eigenvalue weighted by Crippen LogP contribution is 2.28. The first-order valence-electron chi connectivity index (χ1n) is 7.83. The third-order valence-electron chi connectivity index (χ3n) is 4.04. The smallest absolute Gasteiger partial charge is 0.246 e. The van der Waals surface area contributed by atoms with Crippen molar-refractivity contribution in [3.8, 4) is 0 Å². The van der Waals surface area contributed by atoms with Crippen LogP contribution in [0.5, 0.6) is 0 Å². The molecule has 4 heteroatoms. The van der Waals surface area contributed by atoms with Gasteiger partial charge in [-0.1, -0.05) is 37.6 Å². The summed E-state index contributed by atoms with van der Waals surface area (Å²) in [6.45, 7) is 3.68. The second-order valence-electron chi connectivity index (χ2n) is 5.59. The summed E-state index contributed by atoms with van der Waals surface area (Å²) in [5.41, 5.74) is 2.09. The van der Waals surface area contributed by atoms with E-state index in [0.717, 1.165) is 12.8 Å². The van der Waals surface area contributed by atoms with Gasteiger partial charge in [0, 0.05) is 34.9 Å². The molecule has 0 saturated heterocycles. The quantitative estimate of drug-likeness (QED) is 0.849. The Morgan fingerprint density at radius 1 is 1.13 bits per heavy atom. The maximum absolute atomic E-state index is 12.7. The molecule has 1 amide bonds. The number of carbonyl (C=O) groups is 3. The lowest BCUT2D eigenvalue weighted by Gasteiger charge is -2.17. The van der Waals surface area contributed by atoms with Gasteiger partial charge in [0.1, 0.15) is 0 Å². The first-order chi connectivity index (χ1) is 11.0. The van der Waals surface area contributed by atoms with Crippen LogP contribution in [-0.4, -0.2) is 24.5 Å². The molecule has 0 heterocycles. The fourth-order valence-corrected chi connectivity index (χ4v) is 2.65. The molecule has 0 fully saturated rings. The lowest BCUT2D eigenvalue weighted by atomic mass is 9.83. The van der Waals surface area contributed by atoms with Gasteiger partial charge in [-0.2, -0.15) is 0 Å². The summed E-state index contributed by atoms with van der Waals surface area (Å²) in [6, 6.07) is 6.80. The maximum atomic E-state index is 12.7. The summed E-state index contributed by atoms with van der Waals surface area (Å²) in [5, 5.41) is 2.60. The van der Waals surface area contributed by atoms with Gasteiger partial charge in [-0.3, -0.25) is 14.4 Å². The van der Waals surface area contributed by atoms with Crippen molar-refractivity contribution in [3.63, 3.8) is 0 Å². The Kier molecular flexibility index (Phi) is 5.27. The second kappa shape index (κ2) is 7.18. The number of unbranched alkanes of at least 4 members (excludes halogenated alkanes) is 1. The molecule has 0 radical (unpaired) electrons. The number of hydrogen-bond acceptors (Lipinski definition) is 3.